The lowest BCUT2D eigenvalue weighted by Gasteiger charge is -2.18. The van der Waals surface area contributed by atoms with Crippen molar-refractivity contribution in [3.05, 3.63) is 66.8 Å². The second kappa shape index (κ2) is 5.31. The fourth-order valence-corrected chi connectivity index (χ4v) is 1.80. The number of imidazole rings is 1. The molecule has 2 rings (SSSR count). The second-order valence-corrected chi connectivity index (χ2v) is 3.95. The van der Waals surface area contributed by atoms with Crippen molar-refractivity contribution in [2.75, 3.05) is 0 Å². The Balaban J connectivity index is 2.38. The first-order chi connectivity index (χ1) is 8.72. The van der Waals surface area contributed by atoms with Crippen LogP contribution in [0.4, 0.5) is 0 Å². The first-order valence-electron chi connectivity index (χ1n) is 5.67. The molecular weight excluding hydrogens is 226 g/mol. The van der Waals surface area contributed by atoms with Crippen molar-refractivity contribution in [2.24, 2.45) is 7.05 Å². The largest absolute Gasteiger partial charge is 0.339 e. The Morgan fingerprint density at radius 1 is 1.44 bits per heavy atom. The maximum atomic E-state index is 11.5. The van der Waals surface area contributed by atoms with E-state index in [0.717, 1.165) is 11.4 Å². The van der Waals surface area contributed by atoms with E-state index in [1.165, 1.54) is 6.08 Å². The molecule has 1 N–H and O–H groups in total. The van der Waals surface area contributed by atoms with Gasteiger partial charge in [-0.2, -0.15) is 0 Å². The van der Waals surface area contributed by atoms with Crippen LogP contribution in [0.3, 0.4) is 0 Å². The van der Waals surface area contributed by atoms with Gasteiger partial charge in [0.15, 0.2) is 0 Å². The molecule has 0 saturated heterocycles. The Morgan fingerprint density at radius 2 is 2.17 bits per heavy atom. The van der Waals surface area contributed by atoms with Crippen molar-refractivity contribution >= 4 is 5.91 Å². The molecule has 0 aliphatic heterocycles. The summed E-state index contributed by atoms with van der Waals surface area (Å²) in [7, 11) is 1.90. The van der Waals surface area contributed by atoms with Crippen LogP contribution in [-0.4, -0.2) is 15.5 Å². The van der Waals surface area contributed by atoms with E-state index in [1.807, 2.05) is 48.1 Å². The van der Waals surface area contributed by atoms with E-state index in [0.29, 0.717) is 0 Å². The summed E-state index contributed by atoms with van der Waals surface area (Å²) < 4.78 is 1.89. The molecule has 0 fully saturated rings. The van der Waals surface area contributed by atoms with Crippen molar-refractivity contribution in [1.82, 2.24) is 14.9 Å². The number of aromatic nitrogens is 2. The molecule has 92 valence electrons. The van der Waals surface area contributed by atoms with Gasteiger partial charge in [-0.1, -0.05) is 36.9 Å². The zero-order valence-electron chi connectivity index (χ0n) is 10.2. The Kier molecular flexibility index (Phi) is 3.57. The summed E-state index contributed by atoms with van der Waals surface area (Å²) in [6.45, 7) is 3.47. The van der Waals surface area contributed by atoms with Gasteiger partial charge in [0, 0.05) is 19.4 Å². The predicted molar refractivity (Wildman–Crippen MR) is 69.8 cm³/mol. The van der Waals surface area contributed by atoms with Crippen LogP contribution in [0.2, 0.25) is 0 Å². The van der Waals surface area contributed by atoms with E-state index in [9.17, 15) is 4.79 Å². The molecule has 1 heterocycles. The standard InChI is InChI=1S/C14H15N3O/c1-3-12(18)16-13(11-7-5-4-6-8-11)14-15-9-10-17(14)2/h3-10,13H,1H2,2H3,(H,16,18). The maximum Gasteiger partial charge on any atom is 0.244 e. The van der Waals surface area contributed by atoms with Gasteiger partial charge in [-0.3, -0.25) is 4.79 Å². The molecule has 0 aliphatic rings. The Hall–Kier alpha value is -2.36. The highest BCUT2D eigenvalue weighted by molar-refractivity contribution is 5.87. The highest BCUT2D eigenvalue weighted by Crippen LogP contribution is 2.19. The smallest absolute Gasteiger partial charge is 0.244 e. The molecule has 0 radical (unpaired) electrons. The summed E-state index contributed by atoms with van der Waals surface area (Å²) in [4.78, 5) is 15.8. The highest BCUT2D eigenvalue weighted by Gasteiger charge is 2.19. The predicted octanol–water partition coefficient (Wildman–Crippen LogP) is 1.81. The number of carbonyl (C=O) groups is 1. The summed E-state index contributed by atoms with van der Waals surface area (Å²) in [5.74, 6) is 0.572. The number of hydrogen-bond donors (Lipinski definition) is 1. The van der Waals surface area contributed by atoms with E-state index < -0.39 is 0 Å². The van der Waals surface area contributed by atoms with Gasteiger partial charge in [0.25, 0.3) is 0 Å². The summed E-state index contributed by atoms with van der Waals surface area (Å²) in [6, 6.07) is 9.47. The molecule has 1 aromatic heterocycles. The van der Waals surface area contributed by atoms with Crippen LogP contribution in [0, 0.1) is 0 Å². The Bertz CT molecular complexity index is 545. The average Bonchev–Trinajstić information content (AvgIpc) is 2.83. The van der Waals surface area contributed by atoms with Crippen molar-refractivity contribution in [3.8, 4) is 0 Å². The fourth-order valence-electron chi connectivity index (χ4n) is 1.80. The molecule has 0 spiro atoms. The molecular formula is C14H15N3O. The maximum absolute atomic E-state index is 11.5. The van der Waals surface area contributed by atoms with Crippen LogP contribution in [0.1, 0.15) is 17.4 Å². The van der Waals surface area contributed by atoms with E-state index in [4.69, 9.17) is 0 Å². The molecule has 1 atom stereocenters. The van der Waals surface area contributed by atoms with E-state index >= 15 is 0 Å². The van der Waals surface area contributed by atoms with Crippen molar-refractivity contribution < 1.29 is 4.79 Å². The van der Waals surface area contributed by atoms with Gasteiger partial charge in [-0.05, 0) is 11.6 Å². The molecule has 2 aromatic rings. The third-order valence-corrected chi connectivity index (χ3v) is 2.72. The first-order valence-corrected chi connectivity index (χ1v) is 5.67. The third-order valence-electron chi connectivity index (χ3n) is 2.72. The molecule has 0 saturated carbocycles. The summed E-state index contributed by atoms with van der Waals surface area (Å²) >= 11 is 0. The van der Waals surface area contributed by atoms with E-state index in [1.54, 1.807) is 6.20 Å². The van der Waals surface area contributed by atoms with Crippen LogP contribution in [0.15, 0.2) is 55.4 Å². The van der Waals surface area contributed by atoms with Crippen LogP contribution in [-0.2, 0) is 11.8 Å². The second-order valence-electron chi connectivity index (χ2n) is 3.95. The highest BCUT2D eigenvalue weighted by atomic mass is 16.1. The zero-order valence-corrected chi connectivity index (χ0v) is 10.2. The summed E-state index contributed by atoms with van der Waals surface area (Å²) in [5, 5.41) is 2.89. The molecule has 1 unspecified atom stereocenters. The molecule has 1 amide bonds. The number of rotatable bonds is 4. The lowest BCUT2D eigenvalue weighted by molar-refractivity contribution is -0.117. The van der Waals surface area contributed by atoms with Gasteiger partial charge in [-0.15, -0.1) is 0 Å². The lowest BCUT2D eigenvalue weighted by atomic mass is 10.1. The number of aryl methyl sites for hydroxylation is 1. The van der Waals surface area contributed by atoms with Crippen LogP contribution in [0.5, 0.6) is 0 Å². The van der Waals surface area contributed by atoms with Crippen molar-refractivity contribution in [1.29, 1.82) is 0 Å². The molecule has 0 aliphatic carbocycles. The van der Waals surface area contributed by atoms with Crippen LogP contribution >= 0.6 is 0 Å². The Morgan fingerprint density at radius 3 is 2.72 bits per heavy atom. The number of carbonyl (C=O) groups excluding carboxylic acids is 1. The van der Waals surface area contributed by atoms with Gasteiger partial charge in [0.05, 0.1) is 0 Å². The number of nitrogens with one attached hydrogen (secondary N) is 1. The van der Waals surface area contributed by atoms with Gasteiger partial charge >= 0.3 is 0 Å². The Labute approximate surface area is 106 Å². The average molecular weight is 241 g/mol. The first kappa shape index (κ1) is 12.1. The van der Waals surface area contributed by atoms with Gasteiger partial charge in [0.1, 0.15) is 11.9 Å². The summed E-state index contributed by atoms with van der Waals surface area (Å²) in [5.41, 5.74) is 0.988. The molecule has 18 heavy (non-hydrogen) atoms. The minimum Gasteiger partial charge on any atom is -0.339 e. The molecule has 4 heteroatoms. The summed E-state index contributed by atoms with van der Waals surface area (Å²) in [6.07, 6.45) is 4.83. The quantitative estimate of drug-likeness (QED) is 0.830. The van der Waals surface area contributed by atoms with Gasteiger partial charge in [-0.25, -0.2) is 4.98 Å². The zero-order chi connectivity index (χ0) is 13.0. The number of nitrogens with zero attached hydrogens (tertiary/aromatic N) is 2. The third kappa shape index (κ3) is 2.48. The van der Waals surface area contributed by atoms with E-state index in [2.05, 4.69) is 16.9 Å². The molecule has 0 bridgehead atoms. The van der Waals surface area contributed by atoms with Crippen molar-refractivity contribution in [2.45, 2.75) is 6.04 Å². The number of hydrogen-bond acceptors (Lipinski definition) is 2. The number of amides is 1. The fraction of sp³-hybridized carbons (Fsp3) is 0.143. The van der Waals surface area contributed by atoms with Crippen molar-refractivity contribution in [3.63, 3.8) is 0 Å². The van der Waals surface area contributed by atoms with Crippen LogP contribution < -0.4 is 5.32 Å². The van der Waals surface area contributed by atoms with Gasteiger partial charge < -0.3 is 9.88 Å². The number of benzene rings is 1. The molecule has 4 nitrogen and oxygen atoms in total. The van der Waals surface area contributed by atoms with E-state index in [-0.39, 0.29) is 11.9 Å². The van der Waals surface area contributed by atoms with Crippen LogP contribution in [0.25, 0.3) is 0 Å². The normalized spacial score (nSPS) is 11.8. The molecule has 1 aromatic carbocycles. The minimum atomic E-state index is -0.267. The van der Waals surface area contributed by atoms with Gasteiger partial charge in [0.2, 0.25) is 5.91 Å². The SMILES string of the molecule is C=CC(=O)NC(c1ccccc1)c1nccn1C. The lowest BCUT2D eigenvalue weighted by Crippen LogP contribution is -2.29. The monoisotopic (exact) mass is 241 g/mol. The topological polar surface area (TPSA) is 46.9 Å². The minimum absolute atomic E-state index is 0.216.